The Labute approximate surface area is 105 Å². The molecule has 2 heteroatoms. The Hall–Kier alpha value is -0.340. The van der Waals surface area contributed by atoms with Gasteiger partial charge in [-0.2, -0.15) is 0 Å². The van der Waals surface area contributed by atoms with Gasteiger partial charge in [-0.25, -0.2) is 0 Å². The molecule has 2 aliphatic carbocycles. The van der Waals surface area contributed by atoms with Gasteiger partial charge in [0.2, 0.25) is 0 Å². The van der Waals surface area contributed by atoms with Crippen LogP contribution in [-0.2, 0) is 0 Å². The molecule has 2 N–H and O–H groups in total. The van der Waals surface area contributed by atoms with E-state index in [2.05, 4.69) is 12.2 Å². The third-order valence-corrected chi connectivity index (χ3v) is 4.56. The first-order valence-corrected chi connectivity index (χ1v) is 7.28. The fourth-order valence-electron chi connectivity index (χ4n) is 3.51. The molecule has 0 aliphatic heterocycles. The molecule has 98 valence electrons. The molecule has 2 rings (SSSR count). The van der Waals surface area contributed by atoms with E-state index in [9.17, 15) is 10.2 Å². The number of hydrogen-bond donors (Lipinski definition) is 2. The van der Waals surface area contributed by atoms with Gasteiger partial charge in [-0.3, -0.25) is 0 Å². The van der Waals surface area contributed by atoms with Crippen LogP contribution >= 0.6 is 0 Å². The minimum atomic E-state index is -0.581. The van der Waals surface area contributed by atoms with Gasteiger partial charge in [0.05, 0.1) is 11.7 Å². The van der Waals surface area contributed by atoms with Crippen molar-refractivity contribution in [2.75, 3.05) is 0 Å². The molecule has 0 bridgehead atoms. The highest BCUT2D eigenvalue weighted by Crippen LogP contribution is 2.40. The molecule has 0 amide bonds. The van der Waals surface area contributed by atoms with E-state index in [1.807, 2.05) is 0 Å². The molecule has 2 nitrogen and oxygen atoms in total. The second-order valence-corrected chi connectivity index (χ2v) is 5.82. The van der Waals surface area contributed by atoms with Gasteiger partial charge in [0, 0.05) is 5.92 Å². The van der Waals surface area contributed by atoms with Crippen molar-refractivity contribution in [1.82, 2.24) is 0 Å². The van der Waals surface area contributed by atoms with E-state index in [0.717, 1.165) is 51.4 Å². The average molecular weight is 238 g/mol. The summed E-state index contributed by atoms with van der Waals surface area (Å²) in [6.07, 6.45) is 14.3. The zero-order valence-corrected chi connectivity index (χ0v) is 10.8. The Kier molecular flexibility index (Phi) is 4.63. The molecule has 2 aliphatic rings. The third kappa shape index (κ3) is 3.32. The normalized spacial score (nSPS) is 42.2. The molecular formula is C15H26O2. The monoisotopic (exact) mass is 238 g/mol. The molecule has 17 heavy (non-hydrogen) atoms. The predicted molar refractivity (Wildman–Crippen MR) is 69.8 cm³/mol. The zero-order valence-electron chi connectivity index (χ0n) is 10.8. The van der Waals surface area contributed by atoms with Gasteiger partial charge >= 0.3 is 0 Å². The summed E-state index contributed by atoms with van der Waals surface area (Å²) in [5.74, 6) is 0.114. The average Bonchev–Trinajstić information content (AvgIpc) is 2.34. The molecule has 0 radical (unpaired) electrons. The standard InChI is InChI=1S/C15H26O2/c16-14-10-5-3-1-2-4-7-11-15(17)12-8-6-9-13(14)15/h1,3,13-14,16-17H,2,4-12H2/b3-1-/t13-,14-,15-/m1/s1. The summed E-state index contributed by atoms with van der Waals surface area (Å²) in [5, 5.41) is 21.1. The van der Waals surface area contributed by atoms with E-state index in [1.54, 1.807) is 0 Å². The Bertz CT molecular complexity index is 262. The number of fused-ring (bicyclic) bond motifs is 1. The largest absolute Gasteiger partial charge is 0.393 e. The van der Waals surface area contributed by atoms with Crippen LogP contribution in [0.3, 0.4) is 0 Å². The summed E-state index contributed by atoms with van der Waals surface area (Å²) in [7, 11) is 0. The molecule has 0 spiro atoms. The van der Waals surface area contributed by atoms with Crippen molar-refractivity contribution in [2.45, 2.75) is 75.9 Å². The molecule has 0 heterocycles. The molecule has 0 unspecified atom stereocenters. The predicted octanol–water partition coefficient (Wildman–Crippen LogP) is 3.18. The molecule has 1 fully saturated rings. The van der Waals surface area contributed by atoms with Crippen molar-refractivity contribution in [3.05, 3.63) is 12.2 Å². The third-order valence-electron chi connectivity index (χ3n) is 4.56. The molecule has 0 aromatic heterocycles. The van der Waals surface area contributed by atoms with E-state index >= 15 is 0 Å². The van der Waals surface area contributed by atoms with Crippen LogP contribution in [0.25, 0.3) is 0 Å². The highest BCUT2D eigenvalue weighted by molar-refractivity contribution is 4.95. The summed E-state index contributed by atoms with van der Waals surface area (Å²) in [6.45, 7) is 0. The Balaban J connectivity index is 2.07. The summed E-state index contributed by atoms with van der Waals surface area (Å²) < 4.78 is 0. The van der Waals surface area contributed by atoms with Crippen LogP contribution in [0, 0.1) is 5.92 Å². The summed E-state index contributed by atoms with van der Waals surface area (Å²) in [5.41, 5.74) is -0.581. The van der Waals surface area contributed by atoms with Gasteiger partial charge in [-0.15, -0.1) is 0 Å². The quantitative estimate of drug-likeness (QED) is 0.636. The zero-order chi connectivity index (χ0) is 12.1. The lowest BCUT2D eigenvalue weighted by Gasteiger charge is -2.42. The van der Waals surface area contributed by atoms with Crippen molar-refractivity contribution in [3.63, 3.8) is 0 Å². The highest BCUT2D eigenvalue weighted by Gasteiger charge is 2.41. The molecular weight excluding hydrogens is 212 g/mol. The van der Waals surface area contributed by atoms with E-state index in [1.165, 1.54) is 12.8 Å². The maximum Gasteiger partial charge on any atom is 0.0700 e. The van der Waals surface area contributed by atoms with Gasteiger partial charge < -0.3 is 10.2 Å². The molecule has 1 saturated carbocycles. The number of rotatable bonds is 0. The van der Waals surface area contributed by atoms with Crippen LogP contribution in [0.5, 0.6) is 0 Å². The first-order valence-electron chi connectivity index (χ1n) is 7.28. The van der Waals surface area contributed by atoms with E-state index in [0.29, 0.717) is 0 Å². The summed E-state index contributed by atoms with van der Waals surface area (Å²) in [4.78, 5) is 0. The number of aliphatic hydroxyl groups is 2. The minimum Gasteiger partial charge on any atom is -0.393 e. The van der Waals surface area contributed by atoms with Crippen LogP contribution in [0.15, 0.2) is 12.2 Å². The maximum atomic E-state index is 10.8. The van der Waals surface area contributed by atoms with Gasteiger partial charge in [0.15, 0.2) is 0 Å². The lowest BCUT2D eigenvalue weighted by Crippen LogP contribution is -2.46. The van der Waals surface area contributed by atoms with Crippen LogP contribution in [0.2, 0.25) is 0 Å². The number of hydrogen-bond acceptors (Lipinski definition) is 2. The second-order valence-electron chi connectivity index (χ2n) is 5.82. The number of allylic oxidation sites excluding steroid dienone is 2. The SMILES string of the molecule is O[C@@H]1CC/C=C\CCCC[C@@]2(O)CCCC[C@H]12. The lowest BCUT2D eigenvalue weighted by molar-refractivity contribution is -0.103. The summed E-state index contributed by atoms with van der Waals surface area (Å²) in [6, 6.07) is 0. The van der Waals surface area contributed by atoms with Crippen LogP contribution in [0.1, 0.15) is 64.2 Å². The second kappa shape index (κ2) is 6.01. The van der Waals surface area contributed by atoms with E-state index in [4.69, 9.17) is 0 Å². The van der Waals surface area contributed by atoms with Crippen molar-refractivity contribution >= 4 is 0 Å². The fourth-order valence-corrected chi connectivity index (χ4v) is 3.51. The van der Waals surface area contributed by atoms with E-state index in [-0.39, 0.29) is 12.0 Å². The van der Waals surface area contributed by atoms with Gasteiger partial charge in [0.1, 0.15) is 0 Å². The Morgan fingerprint density at radius 2 is 1.59 bits per heavy atom. The topological polar surface area (TPSA) is 40.5 Å². The first-order chi connectivity index (χ1) is 8.22. The minimum absolute atomic E-state index is 0.114. The van der Waals surface area contributed by atoms with Gasteiger partial charge in [0.25, 0.3) is 0 Å². The Morgan fingerprint density at radius 1 is 0.882 bits per heavy atom. The molecule has 0 aromatic carbocycles. The van der Waals surface area contributed by atoms with Crippen LogP contribution < -0.4 is 0 Å². The Morgan fingerprint density at radius 3 is 2.41 bits per heavy atom. The van der Waals surface area contributed by atoms with Crippen molar-refractivity contribution in [1.29, 1.82) is 0 Å². The maximum absolute atomic E-state index is 10.8. The molecule has 3 atom stereocenters. The van der Waals surface area contributed by atoms with Gasteiger partial charge in [-0.1, -0.05) is 31.4 Å². The van der Waals surface area contributed by atoms with Gasteiger partial charge in [-0.05, 0) is 44.9 Å². The van der Waals surface area contributed by atoms with Crippen molar-refractivity contribution < 1.29 is 10.2 Å². The van der Waals surface area contributed by atoms with Crippen LogP contribution in [0.4, 0.5) is 0 Å². The van der Waals surface area contributed by atoms with Crippen LogP contribution in [-0.4, -0.2) is 21.9 Å². The molecule has 0 saturated heterocycles. The van der Waals surface area contributed by atoms with Crippen molar-refractivity contribution in [3.8, 4) is 0 Å². The fraction of sp³-hybridized carbons (Fsp3) is 0.867. The smallest absolute Gasteiger partial charge is 0.0700 e. The number of aliphatic hydroxyl groups excluding tert-OH is 1. The molecule has 0 aromatic rings. The lowest BCUT2D eigenvalue weighted by atomic mass is 9.69. The first kappa shape index (κ1) is 13.1. The van der Waals surface area contributed by atoms with E-state index < -0.39 is 5.60 Å². The highest BCUT2D eigenvalue weighted by atomic mass is 16.3. The summed E-state index contributed by atoms with van der Waals surface area (Å²) >= 11 is 0. The van der Waals surface area contributed by atoms with Crippen molar-refractivity contribution in [2.24, 2.45) is 5.92 Å².